The molecule has 3 heterocycles. The number of anilines is 2. The zero-order chi connectivity index (χ0) is 23.6. The summed E-state index contributed by atoms with van der Waals surface area (Å²) in [5, 5.41) is 2.76. The minimum atomic E-state index is -0.470. The molecule has 0 unspecified atom stereocenters. The van der Waals surface area contributed by atoms with Crippen molar-refractivity contribution in [1.29, 1.82) is 0 Å². The van der Waals surface area contributed by atoms with Crippen molar-refractivity contribution in [2.45, 2.75) is 45.1 Å². The van der Waals surface area contributed by atoms with Crippen LogP contribution in [0.4, 0.5) is 16.2 Å². The summed E-state index contributed by atoms with van der Waals surface area (Å²) in [6.07, 6.45) is 2.64. The van der Waals surface area contributed by atoms with Crippen molar-refractivity contribution >= 4 is 40.8 Å². The molecule has 33 heavy (non-hydrogen) atoms. The average Bonchev–Trinajstić information content (AvgIpc) is 2.80. The Balaban J connectivity index is 0.00000126. The number of halogens is 1. The molecule has 0 atom stereocenters. The van der Waals surface area contributed by atoms with Crippen LogP contribution >= 0.6 is 11.6 Å². The number of benzene rings is 2. The molecule has 1 spiro atoms. The van der Waals surface area contributed by atoms with Gasteiger partial charge in [0.15, 0.2) is 0 Å². The van der Waals surface area contributed by atoms with Crippen LogP contribution in [0.5, 0.6) is 0 Å². The van der Waals surface area contributed by atoms with Crippen molar-refractivity contribution in [1.82, 2.24) is 5.32 Å². The van der Waals surface area contributed by atoms with E-state index in [0.717, 1.165) is 29.7 Å². The third kappa shape index (κ3) is 4.23. The Labute approximate surface area is 198 Å². The van der Waals surface area contributed by atoms with Crippen LogP contribution in [0.15, 0.2) is 42.5 Å². The van der Waals surface area contributed by atoms with Crippen molar-refractivity contribution in [3.05, 3.63) is 47.5 Å². The van der Waals surface area contributed by atoms with E-state index in [1.807, 2.05) is 55.1 Å². The molecule has 174 valence electrons. The number of hydrogen-bond donors (Lipinski definition) is 1. The summed E-state index contributed by atoms with van der Waals surface area (Å²) in [5.41, 5.74) is 2.87. The Hall–Kier alpha value is -2.90. The van der Waals surface area contributed by atoms with Crippen molar-refractivity contribution in [2.75, 3.05) is 29.6 Å². The second-order valence-corrected chi connectivity index (χ2v) is 8.62. The van der Waals surface area contributed by atoms with Crippen molar-refractivity contribution in [3.63, 3.8) is 0 Å². The maximum Gasteiger partial charge on any atom is 0.328 e. The van der Waals surface area contributed by atoms with Crippen LogP contribution in [-0.4, -0.2) is 43.1 Å². The van der Waals surface area contributed by atoms with Gasteiger partial charge in [-0.15, -0.1) is 0 Å². The minimum Gasteiger partial charge on any atom is -0.376 e. The van der Waals surface area contributed by atoms with Gasteiger partial charge in [0, 0.05) is 30.6 Å². The van der Waals surface area contributed by atoms with Crippen LogP contribution in [0.1, 0.15) is 39.5 Å². The van der Waals surface area contributed by atoms with Gasteiger partial charge >= 0.3 is 6.03 Å². The topological polar surface area (TPSA) is 79.0 Å². The zero-order valence-corrected chi connectivity index (χ0v) is 19.7. The van der Waals surface area contributed by atoms with Crippen molar-refractivity contribution in [2.24, 2.45) is 0 Å². The molecule has 3 aliphatic rings. The molecule has 3 fully saturated rings. The maximum atomic E-state index is 12.7. The number of nitrogens with one attached hydrogen (secondary N) is 1. The van der Waals surface area contributed by atoms with Crippen LogP contribution in [0.25, 0.3) is 11.1 Å². The fourth-order valence-electron chi connectivity index (χ4n) is 4.62. The molecule has 2 aromatic rings. The molecule has 8 heteroatoms. The van der Waals surface area contributed by atoms with Crippen LogP contribution < -0.4 is 15.1 Å². The number of carbonyl (C=O) groups excluding carboxylic acids is 3. The van der Waals surface area contributed by atoms with Crippen LogP contribution in [0.3, 0.4) is 0 Å². The lowest BCUT2D eigenvalue weighted by Crippen LogP contribution is -2.66. The first-order valence-corrected chi connectivity index (χ1v) is 11.8. The molecule has 0 aromatic heterocycles. The molecule has 0 radical (unpaired) electrons. The highest BCUT2D eigenvalue weighted by atomic mass is 35.5. The summed E-state index contributed by atoms with van der Waals surface area (Å²) in [6, 6.07) is 12.8. The standard InChI is InChI=1S/C23H22ClN3O4.C2H6/c24-21-17(3-1-4-18(21)26-12-10-19(28)25-22(26)30)15-6-8-16(9-7-15)27-20(29)5-2-11-23(27)13-31-14-23;1-2/h1,3-4,6-9H,2,5,10-14H2,(H,25,28,30);1-2H3. The number of amides is 4. The summed E-state index contributed by atoms with van der Waals surface area (Å²) in [4.78, 5) is 39.7. The third-order valence-corrected chi connectivity index (χ3v) is 6.65. The van der Waals surface area contributed by atoms with Gasteiger partial charge in [-0.3, -0.25) is 19.8 Å². The summed E-state index contributed by atoms with van der Waals surface area (Å²) in [7, 11) is 0. The molecule has 1 N–H and O–H groups in total. The second kappa shape index (κ2) is 9.53. The summed E-state index contributed by atoms with van der Waals surface area (Å²) >= 11 is 6.68. The van der Waals surface area contributed by atoms with E-state index in [1.54, 1.807) is 6.07 Å². The molecule has 3 saturated heterocycles. The quantitative estimate of drug-likeness (QED) is 0.702. The summed E-state index contributed by atoms with van der Waals surface area (Å²) < 4.78 is 5.44. The monoisotopic (exact) mass is 469 g/mol. The van der Waals surface area contributed by atoms with E-state index in [-0.39, 0.29) is 30.3 Å². The molecule has 7 nitrogen and oxygen atoms in total. The smallest absolute Gasteiger partial charge is 0.328 e. The van der Waals surface area contributed by atoms with E-state index in [4.69, 9.17) is 16.3 Å². The second-order valence-electron chi connectivity index (χ2n) is 8.24. The number of ether oxygens (including phenoxy) is 1. The number of imide groups is 1. The summed E-state index contributed by atoms with van der Waals surface area (Å²) in [5.74, 6) is -0.154. The summed E-state index contributed by atoms with van der Waals surface area (Å²) in [6.45, 7) is 5.44. The lowest BCUT2D eigenvalue weighted by Gasteiger charge is -2.52. The average molecular weight is 470 g/mol. The third-order valence-electron chi connectivity index (χ3n) is 6.26. The predicted molar refractivity (Wildman–Crippen MR) is 129 cm³/mol. The molecule has 4 amide bonds. The van der Waals surface area contributed by atoms with Gasteiger partial charge in [0.2, 0.25) is 11.8 Å². The Morgan fingerprint density at radius 2 is 1.73 bits per heavy atom. The number of piperidine rings is 1. The zero-order valence-electron chi connectivity index (χ0n) is 18.9. The van der Waals surface area contributed by atoms with Crippen LogP contribution in [-0.2, 0) is 14.3 Å². The van der Waals surface area contributed by atoms with Crippen LogP contribution in [0, 0.1) is 0 Å². The van der Waals surface area contributed by atoms with E-state index >= 15 is 0 Å². The Bertz CT molecular complexity index is 1070. The van der Waals surface area contributed by atoms with E-state index in [9.17, 15) is 14.4 Å². The van der Waals surface area contributed by atoms with Gasteiger partial charge in [0.05, 0.1) is 29.5 Å². The van der Waals surface area contributed by atoms with Gasteiger partial charge in [-0.2, -0.15) is 0 Å². The highest BCUT2D eigenvalue weighted by Crippen LogP contribution is 2.41. The molecule has 0 saturated carbocycles. The number of carbonyl (C=O) groups is 3. The van der Waals surface area contributed by atoms with Crippen molar-refractivity contribution < 1.29 is 19.1 Å². The first kappa shape index (κ1) is 23.3. The molecular formula is C25H28ClN3O4. The van der Waals surface area contributed by atoms with Gasteiger partial charge < -0.3 is 9.64 Å². The molecular weight excluding hydrogens is 442 g/mol. The van der Waals surface area contributed by atoms with E-state index in [1.165, 1.54) is 4.90 Å². The van der Waals surface area contributed by atoms with Gasteiger partial charge in [-0.05, 0) is 36.6 Å². The minimum absolute atomic E-state index is 0.132. The highest BCUT2D eigenvalue weighted by Gasteiger charge is 2.49. The number of urea groups is 1. The normalized spacial score (nSPS) is 19.5. The SMILES string of the molecule is CC.O=C1CCN(c2cccc(-c3ccc(N4C(=O)CCCC45COC5)cc3)c2Cl)C(=O)N1. The highest BCUT2D eigenvalue weighted by molar-refractivity contribution is 6.36. The number of hydrogen-bond acceptors (Lipinski definition) is 4. The molecule has 5 rings (SSSR count). The molecule has 3 aliphatic heterocycles. The lowest BCUT2D eigenvalue weighted by molar-refractivity contribution is -0.130. The number of rotatable bonds is 3. The fraction of sp³-hybridized carbons (Fsp3) is 0.400. The van der Waals surface area contributed by atoms with E-state index in [2.05, 4.69) is 5.32 Å². The van der Waals surface area contributed by atoms with Gasteiger partial charge in [0.25, 0.3) is 0 Å². The van der Waals surface area contributed by atoms with Crippen LogP contribution in [0.2, 0.25) is 5.02 Å². The predicted octanol–water partition coefficient (Wildman–Crippen LogP) is 4.77. The molecule has 0 aliphatic carbocycles. The molecule has 2 aromatic carbocycles. The maximum absolute atomic E-state index is 12.7. The Morgan fingerprint density at radius 1 is 1.00 bits per heavy atom. The molecule has 0 bridgehead atoms. The van der Waals surface area contributed by atoms with Gasteiger partial charge in [-0.25, -0.2) is 4.79 Å². The fourth-order valence-corrected chi connectivity index (χ4v) is 4.96. The van der Waals surface area contributed by atoms with E-state index < -0.39 is 6.03 Å². The van der Waals surface area contributed by atoms with Crippen molar-refractivity contribution in [3.8, 4) is 11.1 Å². The lowest BCUT2D eigenvalue weighted by atomic mass is 9.84. The number of nitrogens with zero attached hydrogens (tertiary/aromatic N) is 2. The first-order valence-electron chi connectivity index (χ1n) is 11.4. The van der Waals surface area contributed by atoms with Gasteiger partial charge in [0.1, 0.15) is 0 Å². The van der Waals surface area contributed by atoms with Gasteiger partial charge in [-0.1, -0.05) is 49.7 Å². The Kier molecular flexibility index (Phi) is 6.72. The largest absolute Gasteiger partial charge is 0.376 e. The Morgan fingerprint density at radius 3 is 2.36 bits per heavy atom. The first-order chi connectivity index (χ1) is 16.0. The van der Waals surface area contributed by atoms with E-state index in [0.29, 0.717) is 30.3 Å².